The maximum Gasteiger partial charge on any atom is 0.258 e. The smallest absolute Gasteiger partial charge is 0.258 e. The molecule has 1 unspecified atom stereocenters. The molecule has 0 aliphatic carbocycles. The van der Waals surface area contributed by atoms with Crippen molar-refractivity contribution in [3.8, 4) is 11.5 Å². The van der Waals surface area contributed by atoms with Crippen LogP contribution in [-0.2, 0) is 11.3 Å². The van der Waals surface area contributed by atoms with Crippen LogP contribution in [0.25, 0.3) is 10.9 Å². The molecule has 3 aromatic carbocycles. The van der Waals surface area contributed by atoms with E-state index >= 15 is 0 Å². The molecule has 0 saturated carbocycles. The molecule has 168 valence electrons. The molecule has 7 nitrogen and oxygen atoms in total. The molecule has 0 saturated heterocycles. The van der Waals surface area contributed by atoms with Crippen molar-refractivity contribution < 1.29 is 9.53 Å². The van der Waals surface area contributed by atoms with Gasteiger partial charge < -0.3 is 15.0 Å². The van der Waals surface area contributed by atoms with Crippen molar-refractivity contribution in [1.29, 1.82) is 0 Å². The van der Waals surface area contributed by atoms with E-state index in [1.807, 2.05) is 91.5 Å². The predicted molar refractivity (Wildman–Crippen MR) is 129 cm³/mol. The third kappa shape index (κ3) is 5.45. The number of para-hydroxylation sites is 2. The fourth-order valence-corrected chi connectivity index (χ4v) is 3.57. The van der Waals surface area contributed by atoms with Gasteiger partial charge in [0.1, 0.15) is 17.3 Å². The fourth-order valence-electron chi connectivity index (χ4n) is 3.57. The van der Waals surface area contributed by atoms with Crippen LogP contribution in [0.4, 0.5) is 5.69 Å². The Balaban J connectivity index is 1.40. The van der Waals surface area contributed by atoms with Crippen LogP contribution in [0.5, 0.6) is 11.5 Å². The molecule has 1 atom stereocenters. The highest BCUT2D eigenvalue weighted by atomic mass is 16.5. The summed E-state index contributed by atoms with van der Waals surface area (Å²) < 4.78 is 5.79. The Labute approximate surface area is 192 Å². The van der Waals surface area contributed by atoms with Gasteiger partial charge in [-0.25, -0.2) is 4.98 Å². The zero-order chi connectivity index (χ0) is 23.2. The first-order chi connectivity index (χ1) is 16.0. The van der Waals surface area contributed by atoms with Crippen molar-refractivity contribution >= 4 is 22.5 Å². The van der Waals surface area contributed by atoms with Gasteiger partial charge in [0.25, 0.3) is 5.56 Å². The predicted octanol–water partition coefficient (Wildman–Crippen LogP) is 4.56. The number of nitrogens with one attached hydrogen (secondary N) is 2. The summed E-state index contributed by atoms with van der Waals surface area (Å²) in [5.74, 6) is 1.83. The maximum absolute atomic E-state index is 12.9. The summed E-state index contributed by atoms with van der Waals surface area (Å²) in [6.07, 6.45) is 0. The molecule has 33 heavy (non-hydrogen) atoms. The number of nitrogens with zero attached hydrogens (tertiary/aromatic N) is 2. The van der Waals surface area contributed by atoms with Crippen LogP contribution in [0.15, 0.2) is 83.7 Å². The SMILES string of the molecule is CCN(Cc1nc2ccccc2c(=O)[nH]1)C(C)C(=O)Nc1ccc(Oc2ccccc2)cc1. The number of amides is 1. The third-order valence-corrected chi connectivity index (χ3v) is 5.45. The third-order valence-electron chi connectivity index (χ3n) is 5.45. The molecular weight excluding hydrogens is 416 g/mol. The molecule has 1 heterocycles. The number of anilines is 1. The summed E-state index contributed by atoms with van der Waals surface area (Å²) >= 11 is 0. The zero-order valence-corrected chi connectivity index (χ0v) is 18.6. The second-order valence-electron chi connectivity index (χ2n) is 7.70. The summed E-state index contributed by atoms with van der Waals surface area (Å²) in [4.78, 5) is 34.6. The number of aromatic nitrogens is 2. The van der Waals surface area contributed by atoms with Crippen molar-refractivity contribution in [2.24, 2.45) is 0 Å². The fraction of sp³-hybridized carbons (Fsp3) is 0.192. The van der Waals surface area contributed by atoms with Gasteiger partial charge in [0.2, 0.25) is 5.91 Å². The average Bonchev–Trinajstić information content (AvgIpc) is 2.84. The summed E-state index contributed by atoms with van der Waals surface area (Å²) in [6, 6.07) is 23.6. The molecular formula is C26H26N4O3. The number of H-pyrrole nitrogens is 1. The van der Waals surface area contributed by atoms with E-state index in [1.165, 1.54) is 0 Å². The lowest BCUT2D eigenvalue weighted by molar-refractivity contribution is -0.120. The normalized spacial score (nSPS) is 12.0. The van der Waals surface area contributed by atoms with E-state index in [0.29, 0.717) is 41.3 Å². The van der Waals surface area contributed by atoms with Crippen LogP contribution < -0.4 is 15.6 Å². The molecule has 1 aromatic heterocycles. The topological polar surface area (TPSA) is 87.3 Å². The molecule has 2 N–H and O–H groups in total. The molecule has 1 amide bonds. The molecule has 0 aliphatic heterocycles. The van der Waals surface area contributed by atoms with Crippen LogP contribution >= 0.6 is 0 Å². The van der Waals surface area contributed by atoms with Gasteiger partial charge in [-0.1, -0.05) is 37.3 Å². The molecule has 0 bridgehead atoms. The van der Waals surface area contributed by atoms with Gasteiger partial charge in [0, 0.05) is 5.69 Å². The van der Waals surface area contributed by atoms with E-state index in [0.717, 1.165) is 5.75 Å². The quantitative estimate of drug-likeness (QED) is 0.418. The van der Waals surface area contributed by atoms with Crippen molar-refractivity contribution in [2.45, 2.75) is 26.4 Å². The molecule has 0 aliphatic rings. The molecule has 7 heteroatoms. The highest BCUT2D eigenvalue weighted by molar-refractivity contribution is 5.94. The summed E-state index contributed by atoms with van der Waals surface area (Å²) in [5, 5.41) is 3.50. The first kappa shape index (κ1) is 22.2. The number of ether oxygens (including phenoxy) is 1. The van der Waals surface area contributed by atoms with Crippen molar-refractivity contribution in [3.63, 3.8) is 0 Å². The van der Waals surface area contributed by atoms with Crippen LogP contribution in [0.2, 0.25) is 0 Å². The number of aromatic amines is 1. The maximum atomic E-state index is 12.9. The van der Waals surface area contributed by atoms with Gasteiger partial charge in [0.15, 0.2) is 0 Å². The minimum absolute atomic E-state index is 0.142. The lowest BCUT2D eigenvalue weighted by Crippen LogP contribution is -2.42. The Morgan fingerprint density at radius 2 is 1.67 bits per heavy atom. The molecule has 4 rings (SSSR count). The first-order valence-electron chi connectivity index (χ1n) is 10.9. The summed E-state index contributed by atoms with van der Waals surface area (Å²) in [6.45, 7) is 4.79. The number of carbonyl (C=O) groups is 1. The number of likely N-dealkylation sites (N-methyl/N-ethyl adjacent to an activating group) is 1. The van der Waals surface area contributed by atoms with Gasteiger partial charge in [0.05, 0.1) is 23.5 Å². The van der Waals surface area contributed by atoms with E-state index in [1.54, 1.807) is 6.07 Å². The summed E-state index contributed by atoms with van der Waals surface area (Å²) in [7, 11) is 0. The Morgan fingerprint density at radius 1 is 1.00 bits per heavy atom. The van der Waals surface area contributed by atoms with Crippen molar-refractivity contribution in [3.05, 3.63) is 95.0 Å². The second-order valence-corrected chi connectivity index (χ2v) is 7.70. The molecule has 0 fully saturated rings. The number of fused-ring (bicyclic) bond motifs is 1. The van der Waals surface area contributed by atoms with Crippen LogP contribution in [0, 0.1) is 0 Å². The lowest BCUT2D eigenvalue weighted by atomic mass is 10.2. The second kappa shape index (κ2) is 10.1. The number of carbonyl (C=O) groups excluding carboxylic acids is 1. The highest BCUT2D eigenvalue weighted by Crippen LogP contribution is 2.23. The van der Waals surface area contributed by atoms with E-state index in [4.69, 9.17) is 4.74 Å². The van der Waals surface area contributed by atoms with Gasteiger partial charge in [-0.05, 0) is 62.0 Å². The highest BCUT2D eigenvalue weighted by Gasteiger charge is 2.21. The number of hydrogen-bond acceptors (Lipinski definition) is 5. The number of rotatable bonds is 8. The molecule has 4 aromatic rings. The van der Waals surface area contributed by atoms with Crippen LogP contribution in [0.1, 0.15) is 19.7 Å². The zero-order valence-electron chi connectivity index (χ0n) is 18.6. The lowest BCUT2D eigenvalue weighted by Gasteiger charge is -2.26. The van der Waals surface area contributed by atoms with E-state index < -0.39 is 6.04 Å². The Kier molecular flexibility index (Phi) is 6.80. The largest absolute Gasteiger partial charge is 0.457 e. The van der Waals surface area contributed by atoms with Crippen molar-refractivity contribution in [1.82, 2.24) is 14.9 Å². The standard InChI is InChI=1S/C26H26N4O3/c1-3-30(17-24-28-23-12-8-7-11-22(23)26(32)29-24)18(2)25(31)27-19-13-15-21(16-14-19)33-20-9-5-4-6-10-20/h4-16,18H,3,17H2,1-2H3,(H,27,31)(H,28,29,32). The van der Waals surface area contributed by atoms with E-state index in [-0.39, 0.29) is 11.5 Å². The van der Waals surface area contributed by atoms with Gasteiger partial charge in [-0.2, -0.15) is 0 Å². The number of benzene rings is 3. The molecule has 0 radical (unpaired) electrons. The minimum Gasteiger partial charge on any atom is -0.457 e. The summed E-state index contributed by atoms with van der Waals surface area (Å²) in [5.41, 5.74) is 1.14. The van der Waals surface area contributed by atoms with Gasteiger partial charge in [-0.3, -0.25) is 14.5 Å². The minimum atomic E-state index is -0.424. The monoisotopic (exact) mass is 442 g/mol. The first-order valence-corrected chi connectivity index (χ1v) is 10.9. The van der Waals surface area contributed by atoms with Gasteiger partial charge in [-0.15, -0.1) is 0 Å². The van der Waals surface area contributed by atoms with Crippen LogP contribution in [0.3, 0.4) is 0 Å². The van der Waals surface area contributed by atoms with Crippen molar-refractivity contribution in [2.75, 3.05) is 11.9 Å². The van der Waals surface area contributed by atoms with Gasteiger partial charge >= 0.3 is 0 Å². The Morgan fingerprint density at radius 3 is 2.39 bits per heavy atom. The number of hydrogen-bond donors (Lipinski definition) is 2. The Bertz CT molecular complexity index is 1290. The Hall–Kier alpha value is -3.97. The molecule has 0 spiro atoms. The van der Waals surface area contributed by atoms with E-state index in [2.05, 4.69) is 15.3 Å². The van der Waals surface area contributed by atoms with Crippen LogP contribution in [-0.4, -0.2) is 33.4 Å². The van der Waals surface area contributed by atoms with E-state index in [9.17, 15) is 9.59 Å². The average molecular weight is 443 g/mol.